The zero-order chi connectivity index (χ0) is 82.5. The summed E-state index contributed by atoms with van der Waals surface area (Å²) in [6.07, 6.45) is 0. The van der Waals surface area contributed by atoms with Crippen molar-refractivity contribution in [1.82, 2.24) is 0 Å². The quantitative estimate of drug-likeness (QED) is 0.121. The van der Waals surface area contributed by atoms with Crippen LogP contribution < -0.4 is 9.80 Å². The third-order valence-corrected chi connectivity index (χ3v) is 26.4. The highest BCUT2D eigenvalue weighted by molar-refractivity contribution is 6.12. The molecule has 124 heavy (non-hydrogen) atoms. The molecule has 0 N–H and O–H groups in total. The topological polar surface area (TPSA) is 59.0 Å². The van der Waals surface area contributed by atoms with Crippen molar-refractivity contribution in [2.75, 3.05) is 9.80 Å². The van der Waals surface area contributed by atoms with E-state index in [-0.39, 0.29) is 10.8 Å². The number of rotatable bonds is 12. The lowest BCUT2D eigenvalue weighted by atomic mass is 9.81. The minimum absolute atomic E-state index is 0.188. The Labute approximate surface area is 717 Å². The normalized spacial score (nSPS) is 13.0. The predicted octanol–water partition coefficient (Wildman–Crippen LogP) is 33.7. The van der Waals surface area contributed by atoms with Crippen LogP contribution in [0.15, 0.2) is 430 Å². The Morgan fingerprint density at radius 3 is 0.903 bits per heavy atom. The van der Waals surface area contributed by atoms with Crippen molar-refractivity contribution >= 4 is 133 Å². The predicted molar refractivity (Wildman–Crippen MR) is 517 cm³/mol. The maximum atomic E-state index is 6.46. The van der Waals surface area contributed by atoms with E-state index in [9.17, 15) is 0 Å². The molecule has 0 radical (unpaired) electrons. The molecule has 0 unspecified atom stereocenters. The van der Waals surface area contributed by atoms with Crippen molar-refractivity contribution in [3.05, 3.63) is 435 Å². The van der Waals surface area contributed by atoms with Gasteiger partial charge in [0.1, 0.15) is 44.7 Å². The first-order valence-electron chi connectivity index (χ1n) is 42.7. The van der Waals surface area contributed by atoms with Gasteiger partial charge in [0.25, 0.3) is 0 Å². The summed E-state index contributed by atoms with van der Waals surface area (Å²) in [4.78, 5) is 4.78. The first-order chi connectivity index (χ1) is 60.9. The van der Waals surface area contributed by atoms with Gasteiger partial charge in [-0.1, -0.05) is 301 Å². The molecule has 6 heteroatoms. The van der Waals surface area contributed by atoms with Gasteiger partial charge in [-0.05, 0) is 250 Å². The number of fused-ring (bicyclic) bond motifs is 19. The fourth-order valence-electron chi connectivity index (χ4n) is 19.9. The first-order valence-corrected chi connectivity index (χ1v) is 42.7. The number of benzene rings is 19. The fraction of sp³-hybridized carbons (Fsp3) is 0.0508. The summed E-state index contributed by atoms with van der Waals surface area (Å²) in [5, 5.41) is 11.6. The molecular weight excluding hydrogens is 1510 g/mol. The lowest BCUT2D eigenvalue weighted by molar-refractivity contribution is 0.660. The first kappa shape index (κ1) is 72.3. The van der Waals surface area contributed by atoms with Crippen LogP contribution in [-0.2, 0) is 10.8 Å². The average molecular weight is 1590 g/mol. The van der Waals surface area contributed by atoms with Gasteiger partial charge < -0.3 is 27.5 Å². The molecule has 23 aromatic rings. The lowest BCUT2D eigenvalue weighted by Crippen LogP contribution is -2.16. The Hall–Kier alpha value is -15.8. The van der Waals surface area contributed by atoms with E-state index in [2.05, 4.69) is 401 Å². The molecule has 2 aliphatic carbocycles. The molecule has 0 spiro atoms. The van der Waals surface area contributed by atoms with Gasteiger partial charge in [-0.15, -0.1) is 0 Å². The molecule has 0 fully saturated rings. The van der Waals surface area contributed by atoms with Gasteiger partial charge in [-0.3, -0.25) is 0 Å². The van der Waals surface area contributed by atoms with Gasteiger partial charge >= 0.3 is 0 Å². The standard InChI is InChI=1S/C61H41NO2.C57H39NO2/c1-61(2)55-36-44(42-19-18-38-10-3-4-11-41(38)34-42)24-31-49(55)50-32-30-47(37-56(50)61)62(45-26-20-39(21-27-45)43-25-33-59-54(35-43)52-13-6-7-16-57(52)63-59)46-28-22-40(23-29-46)48-14-9-15-53-51-12-5-8-17-58(51)64-60(48)53;1-57(2)51-34-40(36-11-4-3-5-12-36)23-30-45(51)46-31-29-43(35-52(46)57)58(41-25-19-37(20-26-41)39-24-32-55-50(33-39)48-14-7-8-17-53(48)59-55)42-27-21-38(22-28-42)44-15-10-16-49-47-13-6-9-18-54(47)60-56(44)49/h3-37H,1-2H3;3-35H,1-2H3. The third-order valence-electron chi connectivity index (χ3n) is 26.4. The van der Waals surface area contributed by atoms with Crippen LogP contribution in [0.5, 0.6) is 0 Å². The molecule has 586 valence electrons. The molecule has 0 saturated carbocycles. The fourth-order valence-corrected chi connectivity index (χ4v) is 19.9. The Bertz CT molecular complexity index is 8220. The van der Waals surface area contributed by atoms with Crippen LogP contribution in [0.1, 0.15) is 49.9 Å². The van der Waals surface area contributed by atoms with Crippen molar-refractivity contribution in [3.8, 4) is 89.0 Å². The van der Waals surface area contributed by atoms with Crippen molar-refractivity contribution in [1.29, 1.82) is 0 Å². The molecule has 4 aromatic heterocycles. The second-order valence-electron chi connectivity index (χ2n) is 34.2. The Kier molecular flexibility index (Phi) is 16.6. The van der Waals surface area contributed by atoms with Crippen molar-refractivity contribution in [3.63, 3.8) is 0 Å². The molecule has 2 aliphatic rings. The zero-order valence-electron chi connectivity index (χ0n) is 68.8. The van der Waals surface area contributed by atoms with E-state index in [1.165, 1.54) is 77.5 Å². The Morgan fingerprint density at radius 2 is 0.460 bits per heavy atom. The molecule has 0 bridgehead atoms. The van der Waals surface area contributed by atoms with E-state index in [1.54, 1.807) is 0 Å². The van der Waals surface area contributed by atoms with E-state index in [1.807, 2.05) is 48.5 Å². The Morgan fingerprint density at radius 1 is 0.169 bits per heavy atom. The smallest absolute Gasteiger partial charge is 0.143 e. The van der Waals surface area contributed by atoms with E-state index in [0.717, 1.165) is 166 Å². The van der Waals surface area contributed by atoms with Crippen LogP contribution in [0.4, 0.5) is 34.1 Å². The largest absolute Gasteiger partial charge is 0.456 e. The van der Waals surface area contributed by atoms with E-state index in [0.29, 0.717) is 0 Å². The number of nitrogens with zero attached hydrogens (tertiary/aromatic N) is 2. The molecule has 25 rings (SSSR count). The van der Waals surface area contributed by atoms with Crippen LogP contribution in [0.3, 0.4) is 0 Å². The summed E-state index contributed by atoms with van der Waals surface area (Å²) < 4.78 is 25.2. The van der Waals surface area contributed by atoms with Gasteiger partial charge in [0.2, 0.25) is 0 Å². The number of hydrogen-bond donors (Lipinski definition) is 0. The maximum Gasteiger partial charge on any atom is 0.143 e. The van der Waals surface area contributed by atoms with Crippen LogP contribution in [0.25, 0.3) is 188 Å². The second kappa shape index (κ2) is 28.5. The molecule has 6 nitrogen and oxygen atoms in total. The number of furan rings is 4. The summed E-state index contributed by atoms with van der Waals surface area (Å²) >= 11 is 0. The minimum Gasteiger partial charge on any atom is -0.456 e. The Balaban J connectivity index is 0.000000140. The highest BCUT2D eigenvalue weighted by atomic mass is 16.3. The molecule has 0 atom stereocenters. The molecular formula is C118H80N2O4. The molecule has 19 aromatic carbocycles. The van der Waals surface area contributed by atoms with Crippen molar-refractivity contribution in [2.45, 2.75) is 38.5 Å². The number of para-hydroxylation sites is 6. The molecule has 0 saturated heterocycles. The van der Waals surface area contributed by atoms with Crippen LogP contribution >= 0.6 is 0 Å². The van der Waals surface area contributed by atoms with Gasteiger partial charge in [-0.25, -0.2) is 0 Å². The number of anilines is 6. The lowest BCUT2D eigenvalue weighted by Gasteiger charge is -2.28. The summed E-state index contributed by atoms with van der Waals surface area (Å²) in [6, 6.07) is 149. The summed E-state index contributed by atoms with van der Waals surface area (Å²) in [5.41, 5.74) is 37.9. The van der Waals surface area contributed by atoms with E-state index in [4.69, 9.17) is 17.7 Å². The third kappa shape index (κ3) is 11.9. The summed E-state index contributed by atoms with van der Waals surface area (Å²) in [5.74, 6) is 0. The van der Waals surface area contributed by atoms with E-state index >= 15 is 0 Å². The molecule has 0 amide bonds. The van der Waals surface area contributed by atoms with Crippen LogP contribution in [0.2, 0.25) is 0 Å². The summed E-state index contributed by atoms with van der Waals surface area (Å²) in [6.45, 7) is 9.47. The van der Waals surface area contributed by atoms with Crippen molar-refractivity contribution in [2.24, 2.45) is 0 Å². The SMILES string of the molecule is CC1(C)c2cc(-c3ccc4ccccc4c3)ccc2-c2ccc(N(c3ccc(-c4ccc5oc6ccccc6c5c4)cc3)c3ccc(-c4cccc5c4oc4ccccc45)cc3)cc21.CC1(C)c2cc(-c3ccccc3)ccc2-c2ccc(N(c3ccc(-c4ccc5oc6ccccc6c5c4)cc3)c3ccc(-c4cccc5c4oc4ccccc45)cc3)cc21. The monoisotopic (exact) mass is 1590 g/mol. The average Bonchev–Trinajstić information content (AvgIpc) is 1.75. The maximum absolute atomic E-state index is 6.46. The second-order valence-corrected chi connectivity index (χ2v) is 34.2. The number of hydrogen-bond acceptors (Lipinski definition) is 6. The van der Waals surface area contributed by atoms with Crippen molar-refractivity contribution < 1.29 is 17.7 Å². The van der Waals surface area contributed by atoms with E-state index < -0.39 is 0 Å². The zero-order valence-corrected chi connectivity index (χ0v) is 68.8. The minimum atomic E-state index is -0.214. The van der Waals surface area contributed by atoms with Gasteiger partial charge in [0.05, 0.1) is 0 Å². The summed E-state index contributed by atoms with van der Waals surface area (Å²) in [7, 11) is 0. The molecule has 4 heterocycles. The van der Waals surface area contributed by atoms with Crippen LogP contribution in [0, 0.1) is 0 Å². The van der Waals surface area contributed by atoms with Gasteiger partial charge in [0, 0.05) is 99.2 Å². The van der Waals surface area contributed by atoms with Gasteiger partial charge in [0.15, 0.2) is 0 Å². The highest BCUT2D eigenvalue weighted by Crippen LogP contribution is 2.55. The molecule has 0 aliphatic heterocycles. The van der Waals surface area contributed by atoms with Gasteiger partial charge in [-0.2, -0.15) is 0 Å². The van der Waals surface area contributed by atoms with Crippen LogP contribution in [-0.4, -0.2) is 0 Å². The highest BCUT2D eigenvalue weighted by Gasteiger charge is 2.39.